The van der Waals surface area contributed by atoms with Gasteiger partial charge in [0, 0.05) is 16.8 Å². The highest BCUT2D eigenvalue weighted by atomic mass is 32.1. The van der Waals surface area contributed by atoms with Gasteiger partial charge in [-0.15, -0.1) is 11.3 Å². The zero-order valence-electron chi connectivity index (χ0n) is 11.3. The van der Waals surface area contributed by atoms with Crippen LogP contribution in [0.4, 0.5) is 0 Å². The third kappa shape index (κ3) is 1.87. The first-order valence-electron chi connectivity index (χ1n) is 6.56. The van der Waals surface area contributed by atoms with Gasteiger partial charge in [-0.25, -0.2) is 4.98 Å². The highest BCUT2D eigenvalue weighted by molar-refractivity contribution is 7.21. The Morgan fingerprint density at radius 3 is 2.67 bits per heavy atom. The average molecular weight is 293 g/mol. The van der Waals surface area contributed by atoms with Gasteiger partial charge in [0.2, 0.25) is 0 Å². The van der Waals surface area contributed by atoms with E-state index in [-0.39, 0.29) is 5.43 Å². The van der Waals surface area contributed by atoms with Crippen molar-refractivity contribution < 1.29 is 4.74 Å². The van der Waals surface area contributed by atoms with Gasteiger partial charge in [0.1, 0.15) is 5.75 Å². The first-order valence-corrected chi connectivity index (χ1v) is 7.38. The molecule has 21 heavy (non-hydrogen) atoms. The molecule has 0 bridgehead atoms. The third-order valence-electron chi connectivity index (χ3n) is 3.56. The van der Waals surface area contributed by atoms with Gasteiger partial charge >= 0.3 is 0 Å². The summed E-state index contributed by atoms with van der Waals surface area (Å²) in [6.45, 7) is 0. The Morgan fingerprint density at radius 2 is 1.86 bits per heavy atom. The minimum atomic E-state index is 0.0402. The third-order valence-corrected chi connectivity index (χ3v) is 4.64. The van der Waals surface area contributed by atoms with Gasteiger partial charge < -0.3 is 4.74 Å². The first-order chi connectivity index (χ1) is 10.3. The number of rotatable bonds is 1. The number of methoxy groups -OCH3 is 1. The van der Waals surface area contributed by atoms with Crippen LogP contribution in [0, 0.1) is 0 Å². The lowest BCUT2D eigenvalue weighted by atomic mass is 10.1. The van der Waals surface area contributed by atoms with E-state index in [1.165, 1.54) is 0 Å². The van der Waals surface area contributed by atoms with E-state index in [1.54, 1.807) is 24.5 Å². The Hall–Kier alpha value is -2.46. The van der Waals surface area contributed by atoms with Crippen LogP contribution in [0.25, 0.3) is 31.6 Å². The first kappa shape index (κ1) is 12.3. The Morgan fingerprint density at radius 1 is 1.05 bits per heavy atom. The van der Waals surface area contributed by atoms with Crippen LogP contribution < -0.4 is 10.2 Å². The van der Waals surface area contributed by atoms with Crippen LogP contribution in [0.1, 0.15) is 0 Å². The van der Waals surface area contributed by atoms with Gasteiger partial charge in [0.15, 0.2) is 5.43 Å². The van der Waals surface area contributed by atoms with Crippen molar-refractivity contribution in [2.24, 2.45) is 0 Å². The van der Waals surface area contributed by atoms with Gasteiger partial charge in [-0.3, -0.25) is 4.79 Å². The van der Waals surface area contributed by atoms with Crippen molar-refractivity contribution in [3.63, 3.8) is 0 Å². The maximum atomic E-state index is 12.2. The van der Waals surface area contributed by atoms with Gasteiger partial charge in [-0.2, -0.15) is 0 Å². The summed E-state index contributed by atoms with van der Waals surface area (Å²) in [6.07, 6.45) is 0. The molecule has 0 unspecified atom stereocenters. The maximum absolute atomic E-state index is 12.2. The molecule has 0 saturated heterocycles. The highest BCUT2D eigenvalue weighted by Gasteiger charge is 2.13. The molecule has 0 spiro atoms. The van der Waals surface area contributed by atoms with Crippen LogP contribution in [0.15, 0.2) is 53.3 Å². The Kier molecular flexibility index (Phi) is 2.65. The van der Waals surface area contributed by atoms with Crippen LogP contribution in [0.2, 0.25) is 0 Å². The quantitative estimate of drug-likeness (QED) is 0.394. The van der Waals surface area contributed by atoms with E-state index in [2.05, 4.69) is 0 Å². The smallest absolute Gasteiger partial charge is 0.188 e. The average Bonchev–Trinajstić information content (AvgIpc) is 2.53. The fraction of sp³-hybridized carbons (Fsp3) is 0.0588. The summed E-state index contributed by atoms with van der Waals surface area (Å²) in [4.78, 5) is 17.8. The highest BCUT2D eigenvalue weighted by Crippen LogP contribution is 2.35. The largest absolute Gasteiger partial charge is 0.497 e. The predicted octanol–water partition coefficient (Wildman–Crippen LogP) is 3.92. The number of fused-ring (bicyclic) bond motifs is 4. The summed E-state index contributed by atoms with van der Waals surface area (Å²) in [6, 6.07) is 15.1. The molecule has 0 aromatic heterocycles. The Bertz CT molecular complexity index is 1010. The normalized spacial score (nSPS) is 11.3. The minimum Gasteiger partial charge on any atom is -0.497 e. The second-order valence-corrected chi connectivity index (χ2v) is 5.90. The summed E-state index contributed by atoms with van der Waals surface area (Å²) < 4.78 is 6.26. The summed E-state index contributed by atoms with van der Waals surface area (Å²) in [5.41, 5.74) is 1.84. The Labute approximate surface area is 124 Å². The molecule has 2 aromatic carbocycles. The maximum Gasteiger partial charge on any atom is 0.188 e. The van der Waals surface area contributed by atoms with E-state index in [9.17, 15) is 4.79 Å². The molecule has 0 N–H and O–H groups in total. The molecule has 0 saturated carbocycles. The number of nitrogens with zero attached hydrogens (tertiary/aromatic N) is 1. The van der Waals surface area contributed by atoms with E-state index in [4.69, 9.17) is 9.72 Å². The van der Waals surface area contributed by atoms with Crippen molar-refractivity contribution in [1.29, 1.82) is 0 Å². The van der Waals surface area contributed by atoms with E-state index in [0.717, 1.165) is 37.3 Å². The van der Waals surface area contributed by atoms with Crippen LogP contribution in [-0.2, 0) is 0 Å². The minimum absolute atomic E-state index is 0.0402. The van der Waals surface area contributed by atoms with Crippen LogP contribution in [0.3, 0.4) is 0 Å². The lowest BCUT2D eigenvalue weighted by molar-refractivity contribution is 0.415. The number of aromatic nitrogens is 1. The van der Waals surface area contributed by atoms with E-state index in [1.807, 2.05) is 42.5 Å². The second kappa shape index (κ2) is 4.53. The Balaban J connectivity index is 2.18. The van der Waals surface area contributed by atoms with Crippen LogP contribution in [-0.4, -0.2) is 12.1 Å². The summed E-state index contributed by atoms with van der Waals surface area (Å²) in [5.74, 6) is 0.794. The zero-order chi connectivity index (χ0) is 14.4. The van der Waals surface area contributed by atoms with Gasteiger partial charge in [-0.05, 0) is 18.2 Å². The zero-order valence-corrected chi connectivity index (χ0v) is 12.1. The molecular weight excluding hydrogens is 282 g/mol. The molecule has 0 radical (unpaired) electrons. The summed E-state index contributed by atoms with van der Waals surface area (Å²) in [5, 5.41) is 1.63. The molecule has 0 amide bonds. The molecule has 1 aliphatic carbocycles. The van der Waals surface area contributed by atoms with Crippen molar-refractivity contribution in [2.75, 3.05) is 7.11 Å². The van der Waals surface area contributed by atoms with Crippen LogP contribution in [0.5, 0.6) is 5.75 Å². The monoisotopic (exact) mass is 293 g/mol. The summed E-state index contributed by atoms with van der Waals surface area (Å²) in [7, 11) is 1.64. The van der Waals surface area contributed by atoms with E-state index in [0.29, 0.717) is 0 Å². The fourth-order valence-electron chi connectivity index (χ4n) is 2.53. The molecule has 0 fully saturated rings. The predicted molar refractivity (Wildman–Crippen MR) is 86.6 cm³/mol. The molecular formula is C17H11NO2S. The second-order valence-electron chi connectivity index (χ2n) is 4.81. The number of benzene rings is 3. The molecule has 1 heterocycles. The van der Waals surface area contributed by atoms with Gasteiger partial charge in [0.25, 0.3) is 0 Å². The van der Waals surface area contributed by atoms with E-state index >= 15 is 0 Å². The van der Waals surface area contributed by atoms with Crippen molar-refractivity contribution in [2.45, 2.75) is 0 Å². The SMILES string of the molecule is COc1ccc2nc3c4ccccc4c(=O)cc-3sc2c1. The molecule has 3 nitrogen and oxygen atoms in total. The molecule has 102 valence electrons. The summed E-state index contributed by atoms with van der Waals surface area (Å²) >= 11 is 1.57. The number of ether oxygens (including phenoxy) is 1. The lowest BCUT2D eigenvalue weighted by Gasteiger charge is -2.09. The lowest BCUT2D eigenvalue weighted by Crippen LogP contribution is -2.02. The van der Waals surface area contributed by atoms with Crippen molar-refractivity contribution in [3.05, 3.63) is 58.8 Å². The number of hydrogen-bond acceptors (Lipinski definition) is 4. The molecule has 1 aliphatic heterocycles. The molecule has 4 heteroatoms. The molecule has 2 aromatic rings. The van der Waals surface area contributed by atoms with E-state index < -0.39 is 0 Å². The van der Waals surface area contributed by atoms with Gasteiger partial charge in [0.05, 0.1) is 27.9 Å². The molecule has 2 aliphatic rings. The molecule has 0 atom stereocenters. The van der Waals surface area contributed by atoms with Crippen LogP contribution >= 0.6 is 11.3 Å². The fourth-order valence-corrected chi connectivity index (χ4v) is 3.58. The van der Waals surface area contributed by atoms with Crippen molar-refractivity contribution in [1.82, 2.24) is 4.98 Å². The topological polar surface area (TPSA) is 39.2 Å². The van der Waals surface area contributed by atoms with Gasteiger partial charge in [-0.1, -0.05) is 24.3 Å². The van der Waals surface area contributed by atoms with Crippen molar-refractivity contribution in [3.8, 4) is 16.3 Å². The molecule has 4 rings (SSSR count). The number of hydrogen-bond donors (Lipinski definition) is 0. The standard InChI is InChI=1S/C17H11NO2S/c1-20-10-6-7-13-15(8-10)21-16-9-14(19)11-4-2-3-5-12(11)17(16)18-13/h2-9H,1H3. The van der Waals surface area contributed by atoms with Crippen molar-refractivity contribution >= 4 is 32.3 Å².